The van der Waals surface area contributed by atoms with Crippen molar-refractivity contribution in [2.75, 3.05) is 39.8 Å². The van der Waals surface area contributed by atoms with Crippen LogP contribution in [0.3, 0.4) is 0 Å². The fraction of sp³-hybridized carbons (Fsp3) is 0.600. The summed E-state index contributed by atoms with van der Waals surface area (Å²) in [4.78, 5) is 2.41. The highest BCUT2D eigenvalue weighted by Gasteiger charge is 2.18. The minimum Gasteiger partial charge on any atom is -0.494 e. The zero-order valence-corrected chi connectivity index (χ0v) is 11.3. The van der Waals surface area contributed by atoms with E-state index in [4.69, 9.17) is 4.74 Å². The van der Waals surface area contributed by atoms with Gasteiger partial charge in [-0.2, -0.15) is 0 Å². The third kappa shape index (κ3) is 4.67. The van der Waals surface area contributed by atoms with Crippen LogP contribution in [0.2, 0.25) is 0 Å². The summed E-state index contributed by atoms with van der Waals surface area (Å²) in [6, 6.07) is 10.0. The van der Waals surface area contributed by atoms with Gasteiger partial charge in [0.05, 0.1) is 6.61 Å². The maximum atomic E-state index is 5.65. The van der Waals surface area contributed by atoms with Gasteiger partial charge in [-0.3, -0.25) is 0 Å². The van der Waals surface area contributed by atoms with Gasteiger partial charge in [0.1, 0.15) is 5.75 Å². The number of nitrogens with one attached hydrogen (secondary N) is 1. The highest BCUT2D eigenvalue weighted by atomic mass is 16.5. The molecule has 0 saturated carbocycles. The van der Waals surface area contributed by atoms with Gasteiger partial charge in [-0.1, -0.05) is 18.2 Å². The third-order valence-electron chi connectivity index (χ3n) is 3.43. The second-order valence-electron chi connectivity index (χ2n) is 5.14. The van der Waals surface area contributed by atoms with Crippen LogP contribution in [0.1, 0.15) is 12.8 Å². The van der Waals surface area contributed by atoms with Crippen LogP contribution in [0.5, 0.6) is 5.75 Å². The van der Waals surface area contributed by atoms with Crippen LogP contribution in [0, 0.1) is 5.92 Å². The van der Waals surface area contributed by atoms with Crippen LogP contribution in [0.25, 0.3) is 0 Å². The second kappa shape index (κ2) is 7.39. The van der Waals surface area contributed by atoms with E-state index in [-0.39, 0.29) is 0 Å². The van der Waals surface area contributed by atoms with Gasteiger partial charge < -0.3 is 15.0 Å². The molecule has 1 aromatic rings. The third-order valence-corrected chi connectivity index (χ3v) is 3.43. The monoisotopic (exact) mass is 248 g/mol. The summed E-state index contributed by atoms with van der Waals surface area (Å²) in [5.74, 6) is 1.81. The Morgan fingerprint density at radius 3 is 2.89 bits per heavy atom. The smallest absolute Gasteiger partial charge is 0.119 e. The van der Waals surface area contributed by atoms with Crippen molar-refractivity contribution < 1.29 is 4.74 Å². The summed E-state index contributed by atoms with van der Waals surface area (Å²) >= 11 is 0. The summed E-state index contributed by atoms with van der Waals surface area (Å²) in [7, 11) is 2.20. The molecule has 0 radical (unpaired) electrons. The van der Waals surface area contributed by atoms with Crippen molar-refractivity contribution in [3.05, 3.63) is 30.3 Å². The van der Waals surface area contributed by atoms with E-state index in [1.165, 1.54) is 19.5 Å². The molecule has 1 saturated heterocycles. The number of hydrogen-bond donors (Lipinski definition) is 1. The van der Waals surface area contributed by atoms with E-state index < -0.39 is 0 Å². The van der Waals surface area contributed by atoms with E-state index in [2.05, 4.69) is 17.3 Å². The standard InChI is InChI=1S/C15H24N2O/c1-17-10-8-14(13-17)12-16-9-5-11-18-15-6-3-2-4-7-15/h2-4,6-7,14,16H,5,8-13H2,1H3. The topological polar surface area (TPSA) is 24.5 Å². The van der Waals surface area contributed by atoms with Gasteiger partial charge in [0.25, 0.3) is 0 Å². The predicted molar refractivity (Wildman–Crippen MR) is 75.0 cm³/mol. The number of ether oxygens (including phenoxy) is 1. The molecule has 0 bridgehead atoms. The lowest BCUT2D eigenvalue weighted by Crippen LogP contribution is -2.26. The molecule has 18 heavy (non-hydrogen) atoms. The number of likely N-dealkylation sites (tertiary alicyclic amines) is 1. The number of benzene rings is 1. The molecule has 1 atom stereocenters. The SMILES string of the molecule is CN1CCC(CNCCCOc2ccccc2)C1. The molecule has 0 spiro atoms. The molecule has 1 aliphatic heterocycles. The maximum Gasteiger partial charge on any atom is 0.119 e. The summed E-state index contributed by atoms with van der Waals surface area (Å²) < 4.78 is 5.65. The van der Waals surface area contributed by atoms with Crippen LogP contribution in [0.15, 0.2) is 30.3 Å². The van der Waals surface area contributed by atoms with Crippen molar-refractivity contribution >= 4 is 0 Å². The first-order valence-electron chi connectivity index (χ1n) is 6.92. The molecule has 1 aromatic carbocycles. The van der Waals surface area contributed by atoms with Crippen LogP contribution in [-0.2, 0) is 0 Å². The minimum atomic E-state index is 0.793. The largest absolute Gasteiger partial charge is 0.494 e. The Morgan fingerprint density at radius 1 is 1.33 bits per heavy atom. The Bertz CT molecular complexity index is 329. The zero-order chi connectivity index (χ0) is 12.6. The normalized spacial score (nSPS) is 20.2. The maximum absolute atomic E-state index is 5.65. The Kier molecular flexibility index (Phi) is 5.49. The van der Waals surface area contributed by atoms with Gasteiger partial charge in [0.15, 0.2) is 0 Å². The molecule has 3 nitrogen and oxygen atoms in total. The van der Waals surface area contributed by atoms with Crippen molar-refractivity contribution in [1.29, 1.82) is 0 Å². The molecule has 1 N–H and O–H groups in total. The fourth-order valence-electron chi connectivity index (χ4n) is 2.40. The Balaban J connectivity index is 1.47. The number of rotatable bonds is 7. The first-order chi connectivity index (χ1) is 8.84. The number of nitrogens with zero attached hydrogens (tertiary/aromatic N) is 1. The van der Waals surface area contributed by atoms with Crippen LogP contribution < -0.4 is 10.1 Å². The Hall–Kier alpha value is -1.06. The van der Waals surface area contributed by atoms with E-state index in [0.29, 0.717) is 0 Å². The lowest BCUT2D eigenvalue weighted by molar-refractivity contribution is 0.305. The zero-order valence-electron chi connectivity index (χ0n) is 11.3. The number of hydrogen-bond acceptors (Lipinski definition) is 3. The average Bonchev–Trinajstić information content (AvgIpc) is 2.81. The molecular weight excluding hydrogens is 224 g/mol. The van der Waals surface area contributed by atoms with Crippen molar-refractivity contribution in [2.45, 2.75) is 12.8 Å². The van der Waals surface area contributed by atoms with Gasteiger partial charge in [0.2, 0.25) is 0 Å². The van der Waals surface area contributed by atoms with E-state index >= 15 is 0 Å². The summed E-state index contributed by atoms with van der Waals surface area (Å²) in [6.07, 6.45) is 2.40. The van der Waals surface area contributed by atoms with Gasteiger partial charge in [-0.05, 0) is 57.6 Å². The lowest BCUT2D eigenvalue weighted by atomic mass is 10.1. The molecule has 0 aromatic heterocycles. The second-order valence-corrected chi connectivity index (χ2v) is 5.14. The van der Waals surface area contributed by atoms with Crippen molar-refractivity contribution in [3.63, 3.8) is 0 Å². The minimum absolute atomic E-state index is 0.793. The molecule has 1 heterocycles. The van der Waals surface area contributed by atoms with Crippen LogP contribution in [-0.4, -0.2) is 44.7 Å². The first kappa shape index (κ1) is 13.4. The quantitative estimate of drug-likeness (QED) is 0.747. The van der Waals surface area contributed by atoms with Gasteiger partial charge >= 0.3 is 0 Å². The first-order valence-corrected chi connectivity index (χ1v) is 6.92. The molecule has 0 aliphatic carbocycles. The Morgan fingerprint density at radius 2 is 2.17 bits per heavy atom. The fourth-order valence-corrected chi connectivity index (χ4v) is 2.40. The molecule has 2 rings (SSSR count). The van der Waals surface area contributed by atoms with Crippen LogP contribution in [0.4, 0.5) is 0 Å². The van der Waals surface area contributed by atoms with E-state index in [9.17, 15) is 0 Å². The van der Waals surface area contributed by atoms with E-state index in [0.717, 1.165) is 37.8 Å². The molecule has 1 fully saturated rings. The molecule has 3 heteroatoms. The molecular formula is C15H24N2O. The molecule has 0 amide bonds. The van der Waals surface area contributed by atoms with Crippen molar-refractivity contribution in [2.24, 2.45) is 5.92 Å². The lowest BCUT2D eigenvalue weighted by Gasteiger charge is -2.11. The van der Waals surface area contributed by atoms with Crippen molar-refractivity contribution in [1.82, 2.24) is 10.2 Å². The summed E-state index contributed by atoms with van der Waals surface area (Å²) in [5, 5.41) is 3.53. The molecule has 1 aliphatic rings. The summed E-state index contributed by atoms with van der Waals surface area (Å²) in [6.45, 7) is 5.49. The van der Waals surface area contributed by atoms with Crippen LogP contribution >= 0.6 is 0 Å². The predicted octanol–water partition coefficient (Wildman–Crippen LogP) is 2.00. The Labute approximate surface area is 110 Å². The average molecular weight is 248 g/mol. The van der Waals surface area contributed by atoms with E-state index in [1.54, 1.807) is 0 Å². The molecule has 100 valence electrons. The van der Waals surface area contributed by atoms with Gasteiger partial charge in [-0.25, -0.2) is 0 Å². The number of para-hydroxylation sites is 1. The molecule has 1 unspecified atom stereocenters. The van der Waals surface area contributed by atoms with E-state index in [1.807, 2.05) is 30.3 Å². The van der Waals surface area contributed by atoms with Gasteiger partial charge in [-0.15, -0.1) is 0 Å². The van der Waals surface area contributed by atoms with Gasteiger partial charge in [0, 0.05) is 6.54 Å². The van der Waals surface area contributed by atoms with Crippen molar-refractivity contribution in [3.8, 4) is 5.75 Å². The highest BCUT2D eigenvalue weighted by Crippen LogP contribution is 2.12. The highest BCUT2D eigenvalue weighted by molar-refractivity contribution is 5.20. The summed E-state index contributed by atoms with van der Waals surface area (Å²) in [5.41, 5.74) is 0.